The quantitative estimate of drug-likeness (QED) is 0.781. The zero-order valence-corrected chi connectivity index (χ0v) is 8.45. The number of aryl methyl sites for hydroxylation is 1. The van der Waals surface area contributed by atoms with Gasteiger partial charge in [-0.05, 0) is 26.2 Å². The van der Waals surface area contributed by atoms with Crippen molar-refractivity contribution in [1.82, 2.24) is 5.16 Å². The maximum Gasteiger partial charge on any atom is 0.170 e. The van der Waals surface area contributed by atoms with Crippen molar-refractivity contribution in [3.63, 3.8) is 0 Å². The predicted molar refractivity (Wildman–Crippen MR) is 51.7 cm³/mol. The van der Waals surface area contributed by atoms with Crippen molar-refractivity contribution < 1.29 is 9.26 Å². The van der Waals surface area contributed by atoms with E-state index >= 15 is 0 Å². The average molecular weight is 196 g/mol. The minimum absolute atomic E-state index is 0.0727. The highest BCUT2D eigenvalue weighted by molar-refractivity contribution is 5.23. The lowest BCUT2D eigenvalue weighted by Gasteiger charge is -2.20. The molecule has 0 bridgehead atoms. The molecule has 4 heteroatoms. The molecule has 1 atom stereocenters. The van der Waals surface area contributed by atoms with Gasteiger partial charge >= 0.3 is 0 Å². The monoisotopic (exact) mass is 196 g/mol. The van der Waals surface area contributed by atoms with Gasteiger partial charge in [0.25, 0.3) is 0 Å². The molecule has 1 aliphatic heterocycles. The van der Waals surface area contributed by atoms with E-state index in [1.807, 2.05) is 6.92 Å². The van der Waals surface area contributed by atoms with Gasteiger partial charge in [-0.15, -0.1) is 0 Å². The van der Waals surface area contributed by atoms with Gasteiger partial charge in [0.2, 0.25) is 0 Å². The van der Waals surface area contributed by atoms with Crippen LogP contribution in [0.4, 0.5) is 0 Å². The van der Waals surface area contributed by atoms with Crippen molar-refractivity contribution in [1.29, 1.82) is 0 Å². The van der Waals surface area contributed by atoms with E-state index in [9.17, 15) is 0 Å². The maximum absolute atomic E-state index is 5.65. The largest absolute Gasteiger partial charge is 0.370 e. The summed E-state index contributed by atoms with van der Waals surface area (Å²) in [6.45, 7) is 3.21. The number of rotatable bonds is 2. The summed E-state index contributed by atoms with van der Waals surface area (Å²) in [7, 11) is 0. The molecule has 4 nitrogen and oxygen atoms in total. The third kappa shape index (κ3) is 1.67. The zero-order valence-electron chi connectivity index (χ0n) is 8.45. The maximum atomic E-state index is 5.65. The van der Waals surface area contributed by atoms with Crippen molar-refractivity contribution in [3.8, 4) is 0 Å². The molecule has 1 saturated heterocycles. The number of hydrogen-bond acceptors (Lipinski definition) is 4. The highest BCUT2D eigenvalue weighted by atomic mass is 16.5. The number of ether oxygens (including phenoxy) is 1. The fraction of sp³-hybridized carbons (Fsp3) is 0.700. The highest BCUT2D eigenvalue weighted by Gasteiger charge is 2.24. The number of hydrogen-bond donors (Lipinski definition) is 1. The topological polar surface area (TPSA) is 61.3 Å². The molecule has 0 saturated carbocycles. The molecule has 0 radical (unpaired) electrons. The summed E-state index contributed by atoms with van der Waals surface area (Å²) in [6, 6.07) is 0. The van der Waals surface area contributed by atoms with Crippen molar-refractivity contribution in [2.45, 2.75) is 38.8 Å². The lowest BCUT2D eigenvalue weighted by molar-refractivity contribution is -0.00199. The van der Waals surface area contributed by atoms with E-state index in [2.05, 4.69) is 5.16 Å². The molecule has 1 fully saturated rings. The van der Waals surface area contributed by atoms with Crippen LogP contribution in [0.1, 0.15) is 42.4 Å². The molecule has 1 unspecified atom stereocenters. The summed E-state index contributed by atoms with van der Waals surface area (Å²) in [5.41, 5.74) is 7.54. The van der Waals surface area contributed by atoms with Gasteiger partial charge in [0.15, 0.2) is 5.76 Å². The molecular formula is C10H16N2O2. The van der Waals surface area contributed by atoms with Crippen LogP contribution in [-0.4, -0.2) is 11.8 Å². The minimum atomic E-state index is 0.0727. The van der Waals surface area contributed by atoms with Gasteiger partial charge in [-0.3, -0.25) is 0 Å². The Hall–Kier alpha value is -0.870. The Morgan fingerprint density at radius 1 is 1.50 bits per heavy atom. The molecule has 2 rings (SSSR count). The molecule has 1 aliphatic rings. The van der Waals surface area contributed by atoms with Crippen LogP contribution in [0.15, 0.2) is 4.52 Å². The Morgan fingerprint density at radius 3 is 3.00 bits per heavy atom. The second-order valence-corrected chi connectivity index (χ2v) is 3.67. The lowest BCUT2D eigenvalue weighted by Crippen LogP contribution is -2.13. The van der Waals surface area contributed by atoms with E-state index in [1.165, 1.54) is 6.42 Å². The normalized spacial score (nSPS) is 22.6. The van der Waals surface area contributed by atoms with Crippen molar-refractivity contribution >= 4 is 0 Å². The summed E-state index contributed by atoms with van der Waals surface area (Å²) >= 11 is 0. The summed E-state index contributed by atoms with van der Waals surface area (Å²) in [6.07, 6.45) is 3.42. The summed E-state index contributed by atoms with van der Waals surface area (Å²) in [5, 5.41) is 3.93. The Labute approximate surface area is 83.4 Å². The van der Waals surface area contributed by atoms with Crippen LogP contribution in [0.2, 0.25) is 0 Å². The van der Waals surface area contributed by atoms with E-state index in [1.54, 1.807) is 0 Å². The number of nitrogens with zero attached hydrogens (tertiary/aromatic N) is 1. The molecular weight excluding hydrogens is 180 g/mol. The molecule has 14 heavy (non-hydrogen) atoms. The first-order chi connectivity index (χ1) is 6.83. The third-order valence-electron chi connectivity index (χ3n) is 2.69. The van der Waals surface area contributed by atoms with Crippen LogP contribution in [0, 0.1) is 6.92 Å². The van der Waals surface area contributed by atoms with E-state index in [4.69, 9.17) is 15.0 Å². The number of aromatic nitrogens is 1. The predicted octanol–water partition coefficient (Wildman–Crippen LogP) is 1.68. The molecule has 0 aliphatic carbocycles. The van der Waals surface area contributed by atoms with Crippen LogP contribution < -0.4 is 5.73 Å². The van der Waals surface area contributed by atoms with Gasteiger partial charge in [-0.25, -0.2) is 0 Å². The number of nitrogens with two attached hydrogens (primary N) is 1. The van der Waals surface area contributed by atoms with E-state index < -0.39 is 0 Å². The van der Waals surface area contributed by atoms with Gasteiger partial charge in [-0.2, -0.15) is 0 Å². The molecule has 2 N–H and O–H groups in total. The summed E-state index contributed by atoms with van der Waals surface area (Å²) < 4.78 is 10.9. The van der Waals surface area contributed by atoms with E-state index in [0.717, 1.165) is 36.5 Å². The van der Waals surface area contributed by atoms with Crippen LogP contribution in [0.3, 0.4) is 0 Å². The van der Waals surface area contributed by atoms with Crippen molar-refractivity contribution in [2.75, 3.05) is 6.61 Å². The van der Waals surface area contributed by atoms with Gasteiger partial charge in [0.05, 0.1) is 5.69 Å². The fourth-order valence-corrected chi connectivity index (χ4v) is 1.86. The summed E-state index contributed by atoms with van der Waals surface area (Å²) in [4.78, 5) is 0. The van der Waals surface area contributed by atoms with Gasteiger partial charge < -0.3 is 15.0 Å². The van der Waals surface area contributed by atoms with Crippen molar-refractivity contribution in [2.24, 2.45) is 5.73 Å². The fourth-order valence-electron chi connectivity index (χ4n) is 1.86. The van der Waals surface area contributed by atoms with Crippen LogP contribution >= 0.6 is 0 Å². The SMILES string of the molecule is Cc1noc(C2CCCCO2)c1CN. The standard InChI is InChI=1S/C10H16N2O2/c1-7-8(6-11)10(14-12-7)9-4-2-3-5-13-9/h9H,2-6,11H2,1H3. The zero-order chi connectivity index (χ0) is 9.97. The lowest BCUT2D eigenvalue weighted by atomic mass is 10.0. The van der Waals surface area contributed by atoms with Crippen LogP contribution in [0.5, 0.6) is 0 Å². The van der Waals surface area contributed by atoms with Gasteiger partial charge in [-0.1, -0.05) is 5.16 Å². The third-order valence-corrected chi connectivity index (χ3v) is 2.69. The van der Waals surface area contributed by atoms with Crippen LogP contribution in [0.25, 0.3) is 0 Å². The minimum Gasteiger partial charge on any atom is -0.370 e. The Morgan fingerprint density at radius 2 is 2.36 bits per heavy atom. The highest BCUT2D eigenvalue weighted by Crippen LogP contribution is 2.31. The van der Waals surface area contributed by atoms with E-state index in [0.29, 0.717) is 6.54 Å². The first-order valence-electron chi connectivity index (χ1n) is 5.09. The Bertz CT molecular complexity index is 303. The Balaban J connectivity index is 2.21. The molecule has 0 aromatic carbocycles. The molecule has 1 aromatic rings. The van der Waals surface area contributed by atoms with Crippen LogP contribution in [-0.2, 0) is 11.3 Å². The molecule has 0 spiro atoms. The summed E-state index contributed by atoms with van der Waals surface area (Å²) in [5.74, 6) is 0.838. The second-order valence-electron chi connectivity index (χ2n) is 3.67. The van der Waals surface area contributed by atoms with E-state index in [-0.39, 0.29) is 6.10 Å². The molecule has 1 aromatic heterocycles. The van der Waals surface area contributed by atoms with Crippen molar-refractivity contribution in [3.05, 3.63) is 17.0 Å². The van der Waals surface area contributed by atoms with Gasteiger partial charge in [0.1, 0.15) is 6.10 Å². The first-order valence-corrected chi connectivity index (χ1v) is 5.09. The first kappa shape index (κ1) is 9.68. The molecule has 78 valence electrons. The van der Waals surface area contributed by atoms with Gasteiger partial charge in [0, 0.05) is 18.7 Å². The second kappa shape index (κ2) is 4.11. The molecule has 2 heterocycles. The Kier molecular flexibility index (Phi) is 2.84. The smallest absolute Gasteiger partial charge is 0.170 e. The average Bonchev–Trinajstić information content (AvgIpc) is 2.61. The molecule has 0 amide bonds.